The molecule has 0 aromatic heterocycles. The fourth-order valence-electron chi connectivity index (χ4n) is 3.88. The van der Waals surface area contributed by atoms with Crippen molar-refractivity contribution in [3.63, 3.8) is 0 Å². The van der Waals surface area contributed by atoms with E-state index in [9.17, 15) is 31.2 Å². The summed E-state index contributed by atoms with van der Waals surface area (Å²) >= 11 is 0. The maximum absolute atomic E-state index is 12.9. The first-order valence-electron chi connectivity index (χ1n) is 10.4. The predicted octanol–water partition coefficient (Wildman–Crippen LogP) is 4.41. The molecule has 2 aromatic carbocycles. The number of sulfonamides is 1. The molecule has 0 amide bonds. The number of hydrogen-bond acceptors (Lipinski definition) is 5. The number of alkyl halides is 3. The normalized spacial score (nSPS) is 19.8. The quantitative estimate of drug-likeness (QED) is 0.449. The van der Waals surface area contributed by atoms with Gasteiger partial charge in [0, 0.05) is 18.7 Å². The number of nitrogens with zero attached hydrogens (tertiary/aromatic N) is 1. The molecule has 1 saturated heterocycles. The average Bonchev–Trinajstić information content (AvgIpc) is 2.76. The van der Waals surface area contributed by atoms with Crippen molar-refractivity contribution in [2.24, 2.45) is 11.8 Å². The molecule has 1 fully saturated rings. The first kappa shape index (κ1) is 24.9. The molecule has 0 spiro atoms. The predicted molar refractivity (Wildman–Crippen MR) is 114 cm³/mol. The topological polar surface area (TPSA) is 80.8 Å². The Hall–Kier alpha value is -2.72. The number of esters is 1. The summed E-state index contributed by atoms with van der Waals surface area (Å²) in [7, 11) is -3.71. The van der Waals surface area contributed by atoms with E-state index >= 15 is 0 Å². The fraction of sp³-hybridized carbons (Fsp3) is 0.391. The molecule has 0 unspecified atom stereocenters. The Balaban J connectivity index is 1.64. The summed E-state index contributed by atoms with van der Waals surface area (Å²) in [6.07, 6.45) is -3.64. The zero-order valence-electron chi connectivity index (χ0n) is 18.1. The summed E-state index contributed by atoms with van der Waals surface area (Å²) in [6.45, 7) is 4.10. The lowest BCUT2D eigenvalue weighted by molar-refractivity contribution is -0.137. The second-order valence-corrected chi connectivity index (χ2v) is 10.3. The average molecular weight is 484 g/mol. The smallest absolute Gasteiger partial charge is 0.416 e. The van der Waals surface area contributed by atoms with E-state index in [1.807, 2.05) is 13.8 Å². The molecular formula is C23H24F3NO5S. The SMILES string of the molecule is C[C@H]1C[C@H](C)CN(S(=O)(=O)c2ccc(C(=O)OCC(=O)c3cccc(C(F)(F)F)c3)cc2)C1. The first-order chi connectivity index (χ1) is 15.4. The van der Waals surface area contributed by atoms with Crippen molar-refractivity contribution in [2.45, 2.75) is 31.3 Å². The van der Waals surface area contributed by atoms with Gasteiger partial charge in [0.1, 0.15) is 0 Å². The highest BCUT2D eigenvalue weighted by molar-refractivity contribution is 7.89. The van der Waals surface area contributed by atoms with E-state index in [-0.39, 0.29) is 27.9 Å². The van der Waals surface area contributed by atoms with Crippen LogP contribution in [0.3, 0.4) is 0 Å². The summed E-state index contributed by atoms with van der Waals surface area (Å²) < 4.78 is 70.6. The molecule has 2 atom stereocenters. The van der Waals surface area contributed by atoms with Gasteiger partial charge >= 0.3 is 12.1 Å². The van der Waals surface area contributed by atoms with Crippen LogP contribution >= 0.6 is 0 Å². The number of carbonyl (C=O) groups excluding carboxylic acids is 2. The van der Waals surface area contributed by atoms with Crippen molar-refractivity contribution in [3.05, 3.63) is 65.2 Å². The van der Waals surface area contributed by atoms with Crippen LogP contribution in [0.2, 0.25) is 0 Å². The van der Waals surface area contributed by atoms with E-state index in [4.69, 9.17) is 4.74 Å². The maximum Gasteiger partial charge on any atom is 0.416 e. The van der Waals surface area contributed by atoms with Gasteiger partial charge in [-0.1, -0.05) is 26.0 Å². The van der Waals surface area contributed by atoms with Crippen molar-refractivity contribution in [3.8, 4) is 0 Å². The van der Waals surface area contributed by atoms with Crippen LogP contribution in [0.1, 0.15) is 46.5 Å². The van der Waals surface area contributed by atoms with Gasteiger partial charge in [0.15, 0.2) is 12.4 Å². The zero-order valence-corrected chi connectivity index (χ0v) is 18.9. The Morgan fingerprint density at radius 3 is 2.18 bits per heavy atom. The van der Waals surface area contributed by atoms with Crippen LogP contribution in [0, 0.1) is 11.8 Å². The molecule has 1 aliphatic heterocycles. The number of Topliss-reactive ketones (excluding diaryl/α,β-unsaturated/α-hetero) is 1. The largest absolute Gasteiger partial charge is 0.454 e. The molecule has 0 aliphatic carbocycles. The summed E-state index contributed by atoms with van der Waals surface area (Å²) in [5.41, 5.74) is -1.19. The molecule has 0 N–H and O–H groups in total. The summed E-state index contributed by atoms with van der Waals surface area (Å²) in [5, 5.41) is 0. The minimum absolute atomic E-state index is 0.0196. The summed E-state index contributed by atoms with van der Waals surface area (Å²) in [6, 6.07) is 8.98. The minimum atomic E-state index is -4.60. The number of hydrogen-bond donors (Lipinski definition) is 0. The number of ether oxygens (including phenoxy) is 1. The van der Waals surface area contributed by atoms with E-state index in [0.717, 1.165) is 18.6 Å². The molecule has 6 nitrogen and oxygen atoms in total. The molecule has 3 rings (SSSR count). The highest BCUT2D eigenvalue weighted by Crippen LogP contribution is 2.30. The monoisotopic (exact) mass is 483 g/mol. The van der Waals surface area contributed by atoms with Gasteiger partial charge in [-0.2, -0.15) is 17.5 Å². The van der Waals surface area contributed by atoms with Gasteiger partial charge in [-0.3, -0.25) is 4.79 Å². The Morgan fingerprint density at radius 1 is 1.00 bits per heavy atom. The van der Waals surface area contributed by atoms with Gasteiger partial charge in [-0.25, -0.2) is 13.2 Å². The van der Waals surface area contributed by atoms with Gasteiger partial charge in [0.2, 0.25) is 10.0 Å². The van der Waals surface area contributed by atoms with Crippen LogP contribution in [0.5, 0.6) is 0 Å². The number of halogens is 3. The van der Waals surface area contributed by atoms with E-state index in [1.54, 1.807) is 0 Å². The van der Waals surface area contributed by atoms with Gasteiger partial charge in [-0.05, 0) is 54.7 Å². The van der Waals surface area contributed by atoms with Gasteiger partial charge in [-0.15, -0.1) is 0 Å². The van der Waals surface area contributed by atoms with Crippen LogP contribution in [-0.2, 0) is 20.9 Å². The van der Waals surface area contributed by atoms with Crippen molar-refractivity contribution < 1.29 is 35.9 Å². The maximum atomic E-state index is 12.9. The molecule has 2 aromatic rings. The number of piperidine rings is 1. The van der Waals surface area contributed by atoms with E-state index in [2.05, 4.69) is 0 Å². The van der Waals surface area contributed by atoms with Crippen LogP contribution in [0.15, 0.2) is 53.4 Å². The third-order valence-corrected chi connectivity index (χ3v) is 7.26. The zero-order chi connectivity index (χ0) is 24.4. The number of benzene rings is 2. The third kappa shape index (κ3) is 6.00. The van der Waals surface area contributed by atoms with Crippen LogP contribution < -0.4 is 0 Å². The Bertz CT molecular complexity index is 1120. The minimum Gasteiger partial charge on any atom is -0.454 e. The van der Waals surface area contributed by atoms with E-state index in [0.29, 0.717) is 19.2 Å². The molecule has 0 saturated carbocycles. The summed E-state index contributed by atoms with van der Waals surface area (Å²) in [5.74, 6) is -1.19. The lowest BCUT2D eigenvalue weighted by atomic mass is 9.94. The molecule has 0 radical (unpaired) electrons. The molecule has 0 bridgehead atoms. The highest BCUT2D eigenvalue weighted by Gasteiger charge is 2.32. The fourth-order valence-corrected chi connectivity index (χ4v) is 5.56. The van der Waals surface area contributed by atoms with Gasteiger partial charge in [0.25, 0.3) is 0 Å². The van der Waals surface area contributed by atoms with Gasteiger partial charge < -0.3 is 4.74 Å². The second-order valence-electron chi connectivity index (χ2n) is 8.37. The molecule has 1 aliphatic rings. The van der Waals surface area contributed by atoms with Gasteiger partial charge in [0.05, 0.1) is 16.0 Å². The molecular weight excluding hydrogens is 459 g/mol. The second kappa shape index (κ2) is 9.64. The molecule has 1 heterocycles. The molecule has 33 heavy (non-hydrogen) atoms. The van der Waals surface area contributed by atoms with Crippen LogP contribution in [0.25, 0.3) is 0 Å². The lowest BCUT2D eigenvalue weighted by Crippen LogP contribution is -2.42. The first-order valence-corrected chi connectivity index (χ1v) is 11.8. The van der Waals surface area contributed by atoms with Crippen molar-refractivity contribution >= 4 is 21.8 Å². The number of rotatable bonds is 6. The standard InChI is InChI=1S/C23H24F3NO5S/c1-15-10-16(2)13-27(12-15)33(30,31)20-8-6-17(7-9-20)22(29)32-14-21(28)18-4-3-5-19(11-18)23(24,25)26/h3-9,11,15-16H,10,12-14H2,1-2H3/t15-,16-/m0/s1. The molecule has 178 valence electrons. The Morgan fingerprint density at radius 2 is 1.61 bits per heavy atom. The number of ketones is 1. The Labute approximate surface area is 190 Å². The van der Waals surface area contributed by atoms with E-state index < -0.39 is 40.1 Å². The van der Waals surface area contributed by atoms with Crippen molar-refractivity contribution in [1.29, 1.82) is 0 Å². The summed E-state index contributed by atoms with van der Waals surface area (Å²) in [4.78, 5) is 24.4. The molecule has 10 heteroatoms. The lowest BCUT2D eigenvalue weighted by Gasteiger charge is -2.34. The number of carbonyl (C=O) groups is 2. The third-order valence-electron chi connectivity index (χ3n) is 5.41. The van der Waals surface area contributed by atoms with E-state index in [1.165, 1.54) is 34.6 Å². The van der Waals surface area contributed by atoms with Crippen molar-refractivity contribution in [1.82, 2.24) is 4.31 Å². The van der Waals surface area contributed by atoms with Crippen molar-refractivity contribution in [2.75, 3.05) is 19.7 Å². The highest BCUT2D eigenvalue weighted by atomic mass is 32.2. The van der Waals surface area contributed by atoms with Crippen LogP contribution in [-0.4, -0.2) is 44.2 Å². The van der Waals surface area contributed by atoms with Crippen LogP contribution in [0.4, 0.5) is 13.2 Å². The Kier molecular flexibility index (Phi) is 7.28.